The van der Waals surface area contributed by atoms with E-state index < -0.39 is 0 Å². The average Bonchev–Trinajstić information content (AvgIpc) is 2.88. The van der Waals surface area contributed by atoms with E-state index in [0.29, 0.717) is 40.1 Å². The van der Waals surface area contributed by atoms with Crippen molar-refractivity contribution in [2.24, 2.45) is 0 Å². The van der Waals surface area contributed by atoms with Crippen molar-refractivity contribution in [1.82, 2.24) is 0 Å². The Kier molecular flexibility index (Phi) is 6.21. The molecule has 1 aliphatic heterocycles. The Morgan fingerprint density at radius 2 is 1.74 bits per heavy atom. The smallest absolute Gasteiger partial charge is 0.255 e. The monoisotopic (exact) mass is 486 g/mol. The van der Waals surface area contributed by atoms with Crippen LogP contribution in [0, 0.1) is 0 Å². The van der Waals surface area contributed by atoms with Crippen molar-refractivity contribution in [3.63, 3.8) is 0 Å². The van der Waals surface area contributed by atoms with Crippen molar-refractivity contribution in [1.29, 1.82) is 0 Å². The minimum Gasteiger partial charge on any atom is -0.493 e. The number of anilines is 2. The first kappa shape index (κ1) is 22.6. The predicted molar refractivity (Wildman–Crippen MR) is 140 cm³/mol. The molecule has 7 heteroatoms. The highest BCUT2D eigenvalue weighted by Crippen LogP contribution is 2.38. The molecule has 35 heavy (non-hydrogen) atoms. The summed E-state index contributed by atoms with van der Waals surface area (Å²) in [7, 11) is 3.23. The lowest BCUT2D eigenvalue weighted by atomic mass is 10.1. The molecule has 1 heterocycles. The molecule has 6 nitrogen and oxygen atoms in total. The average molecular weight is 487 g/mol. The fraction of sp³-hybridized carbons (Fsp3) is 0.107. The molecule has 1 N–H and O–H groups in total. The lowest BCUT2D eigenvalue weighted by Crippen LogP contribution is -2.29. The zero-order chi connectivity index (χ0) is 24.4. The van der Waals surface area contributed by atoms with Gasteiger partial charge in [0.2, 0.25) is 0 Å². The first-order valence-corrected chi connectivity index (χ1v) is 11.4. The second kappa shape index (κ2) is 9.60. The normalized spacial score (nSPS) is 12.3. The van der Waals surface area contributed by atoms with E-state index in [1.807, 2.05) is 65.7 Å². The third kappa shape index (κ3) is 4.61. The number of ether oxygens (including phenoxy) is 2. The van der Waals surface area contributed by atoms with Crippen molar-refractivity contribution < 1.29 is 19.1 Å². The number of carbonyl (C=O) groups excluding carboxylic acids is 1. The highest BCUT2D eigenvalue weighted by atomic mass is 35.5. The third-order valence-electron chi connectivity index (χ3n) is 5.77. The summed E-state index contributed by atoms with van der Waals surface area (Å²) >= 11 is 6.03. The largest absolute Gasteiger partial charge is 0.493 e. The molecule has 0 aromatic heterocycles. The summed E-state index contributed by atoms with van der Waals surface area (Å²) in [4.78, 5) is 19.0. The predicted octanol–water partition coefficient (Wildman–Crippen LogP) is 6.59. The number of fused-ring (bicyclic) bond motifs is 2. The van der Waals surface area contributed by atoms with Crippen molar-refractivity contribution in [2.45, 2.75) is 0 Å². The quantitative estimate of drug-likeness (QED) is 0.333. The van der Waals surface area contributed by atoms with Crippen molar-refractivity contribution in [3.05, 3.63) is 95.0 Å². The van der Waals surface area contributed by atoms with Crippen LogP contribution >= 0.6 is 11.6 Å². The highest BCUT2D eigenvalue weighted by Gasteiger charge is 2.19. The van der Waals surface area contributed by atoms with Crippen LogP contribution in [0.1, 0.15) is 15.9 Å². The van der Waals surface area contributed by atoms with E-state index in [-0.39, 0.29) is 5.91 Å². The molecule has 0 saturated carbocycles. The Labute approximate surface area is 208 Å². The van der Waals surface area contributed by atoms with Crippen LogP contribution in [0.4, 0.5) is 11.4 Å². The van der Waals surface area contributed by atoms with Crippen LogP contribution < -0.4 is 24.7 Å². The van der Waals surface area contributed by atoms with Crippen molar-refractivity contribution >= 4 is 45.7 Å². The third-order valence-corrected chi connectivity index (χ3v) is 6.01. The standard InChI is InChI=1S/C28H23ClN2O4/c1-33-26-16-19-8-5-13-31(25(19)17-27(26)34-2)35-22-11-12-23-18(15-22)6-4-10-24(23)30-28(32)20-7-3-9-21(29)14-20/h3-12,14-17H,13H2,1-2H3,(H,30,32). The molecule has 4 aromatic rings. The number of amides is 1. The number of rotatable bonds is 6. The molecular formula is C28H23ClN2O4. The molecule has 0 saturated heterocycles. The van der Waals surface area contributed by atoms with Gasteiger partial charge in [-0.3, -0.25) is 4.79 Å². The Balaban J connectivity index is 1.41. The molecule has 1 amide bonds. The number of hydrogen-bond acceptors (Lipinski definition) is 5. The Bertz CT molecular complexity index is 1450. The number of nitrogens with zero attached hydrogens (tertiary/aromatic N) is 1. The van der Waals surface area contributed by atoms with Gasteiger partial charge in [0.25, 0.3) is 5.91 Å². The molecule has 5 rings (SSSR count). The molecule has 0 aliphatic carbocycles. The van der Waals surface area contributed by atoms with Gasteiger partial charge in [-0.05, 0) is 53.9 Å². The molecule has 0 bridgehead atoms. The molecular weight excluding hydrogens is 464 g/mol. The molecule has 176 valence electrons. The van der Waals surface area contributed by atoms with Gasteiger partial charge in [-0.25, -0.2) is 5.06 Å². The number of hydroxylamine groups is 1. The van der Waals surface area contributed by atoms with Crippen molar-refractivity contribution in [2.75, 3.05) is 31.1 Å². The summed E-state index contributed by atoms with van der Waals surface area (Å²) < 4.78 is 10.9. The van der Waals surface area contributed by atoms with Crippen molar-refractivity contribution in [3.8, 4) is 17.2 Å². The number of carbonyl (C=O) groups is 1. The van der Waals surface area contributed by atoms with Crippen LogP contribution in [0.25, 0.3) is 16.8 Å². The van der Waals surface area contributed by atoms with Gasteiger partial charge in [-0.2, -0.15) is 0 Å². The van der Waals surface area contributed by atoms with Gasteiger partial charge < -0.3 is 19.6 Å². The van der Waals surface area contributed by atoms with E-state index in [2.05, 4.69) is 5.32 Å². The first-order chi connectivity index (χ1) is 17.1. The second-order valence-electron chi connectivity index (χ2n) is 7.97. The van der Waals surface area contributed by atoms with E-state index in [1.165, 1.54) is 0 Å². The van der Waals surface area contributed by atoms with Gasteiger partial charge in [0, 0.05) is 33.3 Å². The minimum absolute atomic E-state index is 0.221. The number of methoxy groups -OCH3 is 2. The topological polar surface area (TPSA) is 60.0 Å². The molecule has 0 atom stereocenters. The maximum absolute atomic E-state index is 12.7. The van der Waals surface area contributed by atoms with E-state index in [4.69, 9.17) is 25.9 Å². The second-order valence-corrected chi connectivity index (χ2v) is 8.41. The number of nitrogens with one attached hydrogen (secondary N) is 1. The van der Waals surface area contributed by atoms with Crippen LogP contribution in [-0.2, 0) is 0 Å². The number of benzene rings is 4. The zero-order valence-corrected chi connectivity index (χ0v) is 20.0. The number of halogens is 1. The van der Waals surface area contributed by atoms with Gasteiger partial charge in [0.15, 0.2) is 17.2 Å². The maximum Gasteiger partial charge on any atom is 0.255 e. The molecule has 1 aliphatic rings. The molecule has 0 unspecified atom stereocenters. The maximum atomic E-state index is 12.7. The van der Waals surface area contributed by atoms with Crippen LogP contribution in [0.3, 0.4) is 0 Å². The Morgan fingerprint density at radius 3 is 2.54 bits per heavy atom. The van der Waals surface area contributed by atoms with E-state index >= 15 is 0 Å². The highest BCUT2D eigenvalue weighted by molar-refractivity contribution is 6.31. The Morgan fingerprint density at radius 1 is 0.943 bits per heavy atom. The zero-order valence-electron chi connectivity index (χ0n) is 19.2. The summed E-state index contributed by atoms with van der Waals surface area (Å²) in [6.45, 7) is 0.580. The molecule has 0 radical (unpaired) electrons. The summed E-state index contributed by atoms with van der Waals surface area (Å²) in [5.41, 5.74) is 3.06. The van der Waals surface area contributed by atoms with Crippen LogP contribution in [0.15, 0.2) is 78.9 Å². The van der Waals surface area contributed by atoms with Gasteiger partial charge in [-0.15, -0.1) is 0 Å². The first-order valence-electron chi connectivity index (χ1n) is 11.0. The fourth-order valence-electron chi connectivity index (χ4n) is 4.07. The summed E-state index contributed by atoms with van der Waals surface area (Å²) in [5.74, 6) is 1.75. The summed E-state index contributed by atoms with van der Waals surface area (Å²) in [6, 6.07) is 22.2. The van der Waals surface area contributed by atoms with Gasteiger partial charge in [0.1, 0.15) is 0 Å². The van der Waals surface area contributed by atoms with Gasteiger partial charge in [-0.1, -0.05) is 42.0 Å². The lowest BCUT2D eigenvalue weighted by Gasteiger charge is -2.28. The lowest BCUT2D eigenvalue weighted by molar-refractivity contribution is 0.102. The van der Waals surface area contributed by atoms with Crippen LogP contribution in [0.2, 0.25) is 5.02 Å². The summed E-state index contributed by atoms with van der Waals surface area (Å²) in [6.07, 6.45) is 4.06. The fourth-order valence-corrected chi connectivity index (χ4v) is 4.26. The van der Waals surface area contributed by atoms with Crippen LogP contribution in [0.5, 0.6) is 17.2 Å². The Hall–Kier alpha value is -4.16. The van der Waals surface area contributed by atoms with E-state index in [0.717, 1.165) is 22.0 Å². The minimum atomic E-state index is -0.221. The van der Waals surface area contributed by atoms with E-state index in [9.17, 15) is 4.79 Å². The molecule has 0 spiro atoms. The molecule has 0 fully saturated rings. The SMILES string of the molecule is COc1cc2c(cc1OC)N(Oc1ccc3c(NC(=O)c4cccc(Cl)c4)cccc3c1)CC=C2. The van der Waals surface area contributed by atoms with E-state index in [1.54, 1.807) is 38.5 Å². The molecule has 4 aromatic carbocycles. The van der Waals surface area contributed by atoms with Gasteiger partial charge in [0.05, 0.1) is 26.5 Å². The summed E-state index contributed by atoms with van der Waals surface area (Å²) in [5, 5.41) is 7.15. The number of hydrogen-bond donors (Lipinski definition) is 1. The van der Waals surface area contributed by atoms with Crippen LogP contribution in [-0.4, -0.2) is 26.7 Å². The van der Waals surface area contributed by atoms with Gasteiger partial charge >= 0.3 is 0 Å².